The molecule has 0 aromatic carbocycles. The number of hydrogen-bond acceptors (Lipinski definition) is 4. The molecule has 1 rings (SSSR count). The van der Waals surface area contributed by atoms with Gasteiger partial charge >= 0.3 is 5.97 Å². The molecule has 82 valence electrons. The van der Waals surface area contributed by atoms with E-state index in [1.165, 1.54) is 6.92 Å². The number of esters is 1. The van der Waals surface area contributed by atoms with Crippen LogP contribution in [0.25, 0.3) is 0 Å². The fourth-order valence-corrected chi connectivity index (χ4v) is 1.22. The van der Waals surface area contributed by atoms with E-state index in [0.717, 1.165) is 13.2 Å². The SMILES string of the molecule is COC(=O)c1c(C(F)F)cc(C)nc1N. The van der Waals surface area contributed by atoms with Crippen molar-refractivity contribution in [2.24, 2.45) is 0 Å². The van der Waals surface area contributed by atoms with E-state index in [0.29, 0.717) is 5.69 Å². The fourth-order valence-electron chi connectivity index (χ4n) is 1.22. The van der Waals surface area contributed by atoms with Gasteiger partial charge in [-0.2, -0.15) is 0 Å². The number of nitrogen functional groups attached to an aromatic ring is 1. The van der Waals surface area contributed by atoms with Crippen molar-refractivity contribution in [3.05, 3.63) is 22.9 Å². The van der Waals surface area contributed by atoms with Gasteiger partial charge in [-0.1, -0.05) is 0 Å². The summed E-state index contributed by atoms with van der Waals surface area (Å²) in [6.07, 6.45) is -2.79. The number of nitrogens with zero attached hydrogens (tertiary/aromatic N) is 1. The van der Waals surface area contributed by atoms with E-state index in [4.69, 9.17) is 5.73 Å². The fraction of sp³-hybridized carbons (Fsp3) is 0.333. The van der Waals surface area contributed by atoms with Crippen molar-refractivity contribution in [2.45, 2.75) is 13.3 Å². The van der Waals surface area contributed by atoms with Gasteiger partial charge in [-0.3, -0.25) is 0 Å². The minimum absolute atomic E-state index is 0.239. The van der Waals surface area contributed by atoms with Crippen LogP contribution in [0.4, 0.5) is 14.6 Å². The molecule has 1 aromatic heterocycles. The smallest absolute Gasteiger partial charge is 0.342 e. The van der Waals surface area contributed by atoms with Gasteiger partial charge in [0, 0.05) is 11.3 Å². The maximum Gasteiger partial charge on any atom is 0.342 e. The molecule has 0 saturated heterocycles. The molecule has 4 nitrogen and oxygen atoms in total. The van der Waals surface area contributed by atoms with Crippen LogP contribution in [0.15, 0.2) is 6.07 Å². The maximum absolute atomic E-state index is 12.6. The first-order valence-electron chi connectivity index (χ1n) is 4.10. The standard InChI is InChI=1S/C9H10F2N2O2/c1-4-3-5(7(10)11)6(8(12)13-4)9(14)15-2/h3,7H,1-2H3,(H2,12,13). The Kier molecular flexibility index (Phi) is 3.18. The van der Waals surface area contributed by atoms with Gasteiger partial charge < -0.3 is 10.5 Å². The van der Waals surface area contributed by atoms with Crippen LogP contribution < -0.4 is 5.73 Å². The van der Waals surface area contributed by atoms with Gasteiger partial charge in [0.2, 0.25) is 0 Å². The van der Waals surface area contributed by atoms with Crippen LogP contribution in [-0.2, 0) is 4.74 Å². The molecule has 6 heteroatoms. The summed E-state index contributed by atoms with van der Waals surface area (Å²) in [6.45, 7) is 1.52. The number of rotatable bonds is 2. The molecule has 0 aliphatic carbocycles. The minimum atomic E-state index is -2.79. The third kappa shape index (κ3) is 2.20. The summed E-state index contributed by atoms with van der Waals surface area (Å²) >= 11 is 0. The Balaban J connectivity index is 3.40. The molecule has 2 N–H and O–H groups in total. The number of carbonyl (C=O) groups is 1. The molecular weight excluding hydrogens is 206 g/mol. The lowest BCUT2D eigenvalue weighted by Gasteiger charge is -2.10. The van der Waals surface area contributed by atoms with E-state index < -0.39 is 18.0 Å². The Labute approximate surface area is 85.1 Å². The van der Waals surface area contributed by atoms with Gasteiger partial charge in [0.05, 0.1) is 7.11 Å². The zero-order valence-electron chi connectivity index (χ0n) is 8.25. The second-order valence-electron chi connectivity index (χ2n) is 2.91. The molecule has 0 saturated carbocycles. The second-order valence-corrected chi connectivity index (χ2v) is 2.91. The van der Waals surface area contributed by atoms with Crippen molar-refractivity contribution >= 4 is 11.8 Å². The van der Waals surface area contributed by atoms with Gasteiger partial charge in [0.15, 0.2) is 0 Å². The second kappa shape index (κ2) is 4.20. The summed E-state index contributed by atoms with van der Waals surface area (Å²) in [5.41, 5.74) is 4.91. The molecule has 0 aliphatic heterocycles. The highest BCUT2D eigenvalue weighted by molar-refractivity contribution is 5.95. The molecule has 0 bridgehead atoms. The Morgan fingerprint density at radius 1 is 1.60 bits per heavy atom. The third-order valence-electron chi connectivity index (χ3n) is 1.83. The quantitative estimate of drug-likeness (QED) is 0.764. The van der Waals surface area contributed by atoms with E-state index >= 15 is 0 Å². The summed E-state index contributed by atoms with van der Waals surface area (Å²) in [4.78, 5) is 14.9. The van der Waals surface area contributed by atoms with Crippen LogP contribution in [0, 0.1) is 6.92 Å². The Morgan fingerprint density at radius 2 is 2.20 bits per heavy atom. The van der Waals surface area contributed by atoms with Crippen LogP contribution >= 0.6 is 0 Å². The molecule has 1 heterocycles. The van der Waals surface area contributed by atoms with Gasteiger partial charge in [-0.15, -0.1) is 0 Å². The number of hydrogen-bond donors (Lipinski definition) is 1. The summed E-state index contributed by atoms with van der Waals surface area (Å²) in [6, 6.07) is 1.12. The summed E-state index contributed by atoms with van der Waals surface area (Å²) in [7, 11) is 1.09. The van der Waals surface area contributed by atoms with Gasteiger partial charge in [0.25, 0.3) is 6.43 Å². The molecule has 0 amide bonds. The largest absolute Gasteiger partial charge is 0.465 e. The Bertz CT molecular complexity index is 394. The molecule has 0 unspecified atom stereocenters. The van der Waals surface area contributed by atoms with E-state index in [1.54, 1.807) is 0 Å². The number of aryl methyl sites for hydroxylation is 1. The normalized spacial score (nSPS) is 10.5. The number of pyridine rings is 1. The zero-order chi connectivity index (χ0) is 11.6. The average molecular weight is 216 g/mol. The number of carbonyl (C=O) groups excluding carboxylic acids is 1. The van der Waals surface area contributed by atoms with E-state index in [1.807, 2.05) is 0 Å². The molecule has 1 aromatic rings. The predicted octanol–water partition coefficient (Wildman–Crippen LogP) is 1.70. The first-order chi connectivity index (χ1) is 6.97. The van der Waals surface area contributed by atoms with Crippen molar-refractivity contribution in [3.63, 3.8) is 0 Å². The molecule has 0 fully saturated rings. The predicted molar refractivity (Wildman–Crippen MR) is 49.7 cm³/mol. The van der Waals surface area contributed by atoms with Gasteiger partial charge in [-0.25, -0.2) is 18.6 Å². The first-order valence-corrected chi connectivity index (χ1v) is 4.10. The first kappa shape index (κ1) is 11.4. The van der Waals surface area contributed by atoms with Crippen LogP contribution in [0.3, 0.4) is 0 Å². The molecule has 0 atom stereocenters. The average Bonchev–Trinajstić information content (AvgIpc) is 2.15. The lowest BCUT2D eigenvalue weighted by atomic mass is 10.1. The monoisotopic (exact) mass is 216 g/mol. The Hall–Kier alpha value is -1.72. The number of alkyl halides is 2. The minimum Gasteiger partial charge on any atom is -0.465 e. The van der Waals surface area contributed by atoms with Crippen molar-refractivity contribution in [2.75, 3.05) is 12.8 Å². The van der Waals surface area contributed by atoms with Crippen molar-refractivity contribution in [1.29, 1.82) is 0 Å². The topological polar surface area (TPSA) is 65.2 Å². The highest BCUT2D eigenvalue weighted by Crippen LogP contribution is 2.27. The summed E-state index contributed by atoms with van der Waals surface area (Å²) < 4.78 is 29.5. The molecule has 0 radical (unpaired) electrons. The highest BCUT2D eigenvalue weighted by atomic mass is 19.3. The van der Waals surface area contributed by atoms with Crippen LogP contribution in [0.5, 0.6) is 0 Å². The van der Waals surface area contributed by atoms with E-state index in [9.17, 15) is 13.6 Å². The van der Waals surface area contributed by atoms with Crippen LogP contribution in [0.2, 0.25) is 0 Å². The molecule has 0 spiro atoms. The van der Waals surface area contributed by atoms with E-state index in [-0.39, 0.29) is 11.4 Å². The highest BCUT2D eigenvalue weighted by Gasteiger charge is 2.23. The summed E-state index contributed by atoms with van der Waals surface area (Å²) in [5, 5.41) is 0. The molecule has 0 aliphatic rings. The summed E-state index contributed by atoms with van der Waals surface area (Å²) in [5.74, 6) is -1.15. The Morgan fingerprint density at radius 3 is 2.67 bits per heavy atom. The number of methoxy groups -OCH3 is 1. The van der Waals surface area contributed by atoms with Crippen molar-refractivity contribution in [3.8, 4) is 0 Å². The van der Waals surface area contributed by atoms with Gasteiger partial charge in [-0.05, 0) is 13.0 Å². The number of aromatic nitrogens is 1. The number of ether oxygens (including phenoxy) is 1. The number of nitrogens with two attached hydrogens (primary N) is 1. The lowest BCUT2D eigenvalue weighted by Crippen LogP contribution is -2.12. The number of anilines is 1. The van der Waals surface area contributed by atoms with Crippen molar-refractivity contribution < 1.29 is 18.3 Å². The van der Waals surface area contributed by atoms with Crippen LogP contribution in [0.1, 0.15) is 28.0 Å². The lowest BCUT2D eigenvalue weighted by molar-refractivity contribution is 0.0590. The van der Waals surface area contributed by atoms with E-state index in [2.05, 4.69) is 9.72 Å². The van der Waals surface area contributed by atoms with Crippen molar-refractivity contribution in [1.82, 2.24) is 4.98 Å². The molecule has 15 heavy (non-hydrogen) atoms. The van der Waals surface area contributed by atoms with Crippen LogP contribution in [-0.4, -0.2) is 18.1 Å². The third-order valence-corrected chi connectivity index (χ3v) is 1.83. The zero-order valence-corrected chi connectivity index (χ0v) is 8.25. The molecular formula is C9H10F2N2O2. The number of halogens is 2. The maximum atomic E-state index is 12.6. The van der Waals surface area contributed by atoms with Gasteiger partial charge in [0.1, 0.15) is 11.4 Å².